The Morgan fingerprint density at radius 2 is 2.16 bits per heavy atom. The number of aliphatic hydroxyl groups excluding tert-OH is 1. The molecule has 0 aromatic carbocycles. The molecule has 0 aliphatic carbocycles. The second kappa shape index (κ2) is 7.04. The average molecular weight is 266 g/mol. The predicted octanol–water partition coefficient (Wildman–Crippen LogP) is 0.397. The van der Waals surface area contributed by atoms with E-state index in [0.29, 0.717) is 31.9 Å². The number of piperidine rings is 1. The standard InChI is InChI=1S/C13H22N4O2/c1-4-7-16-12(15-3)17-8-5-13(10-18,6-9-17)11(19)14-2/h4,7,18H,3,5-6,8-10H2,1-2H3,(H,14,19)/b7-4-,16-12?. The van der Waals surface area contributed by atoms with Gasteiger partial charge in [0, 0.05) is 26.3 Å². The van der Waals surface area contributed by atoms with E-state index in [0.717, 1.165) is 0 Å². The van der Waals surface area contributed by atoms with Crippen LogP contribution in [0, 0.1) is 5.41 Å². The summed E-state index contributed by atoms with van der Waals surface area (Å²) >= 11 is 0. The number of guanidine groups is 1. The van der Waals surface area contributed by atoms with E-state index < -0.39 is 5.41 Å². The van der Waals surface area contributed by atoms with Crippen LogP contribution in [-0.2, 0) is 4.79 Å². The largest absolute Gasteiger partial charge is 0.395 e. The Morgan fingerprint density at radius 3 is 2.58 bits per heavy atom. The molecule has 1 aliphatic rings. The van der Waals surface area contributed by atoms with Gasteiger partial charge in [0.25, 0.3) is 0 Å². The van der Waals surface area contributed by atoms with E-state index in [-0.39, 0.29) is 12.5 Å². The first-order chi connectivity index (χ1) is 9.13. The monoisotopic (exact) mass is 266 g/mol. The van der Waals surface area contributed by atoms with E-state index in [2.05, 4.69) is 22.0 Å². The number of amides is 1. The lowest BCUT2D eigenvalue weighted by Crippen LogP contribution is -2.51. The van der Waals surface area contributed by atoms with Crippen molar-refractivity contribution in [2.24, 2.45) is 15.4 Å². The molecule has 0 spiro atoms. The summed E-state index contributed by atoms with van der Waals surface area (Å²) in [6.45, 7) is 6.51. The van der Waals surface area contributed by atoms with E-state index in [4.69, 9.17) is 0 Å². The van der Waals surface area contributed by atoms with Crippen molar-refractivity contribution in [1.82, 2.24) is 10.2 Å². The topological polar surface area (TPSA) is 77.3 Å². The van der Waals surface area contributed by atoms with E-state index in [1.54, 1.807) is 13.2 Å². The molecule has 1 heterocycles. The highest BCUT2D eigenvalue weighted by molar-refractivity contribution is 5.86. The number of aliphatic hydroxyl groups is 1. The number of hydrogen-bond donors (Lipinski definition) is 2. The number of aliphatic imine (C=N–C) groups is 2. The van der Waals surface area contributed by atoms with Gasteiger partial charge < -0.3 is 15.3 Å². The van der Waals surface area contributed by atoms with Gasteiger partial charge in [0.1, 0.15) is 0 Å². The van der Waals surface area contributed by atoms with Crippen LogP contribution in [-0.4, -0.2) is 55.3 Å². The van der Waals surface area contributed by atoms with Crippen LogP contribution in [0.3, 0.4) is 0 Å². The summed E-state index contributed by atoms with van der Waals surface area (Å²) < 4.78 is 0. The molecule has 106 valence electrons. The maximum absolute atomic E-state index is 11.9. The molecule has 6 nitrogen and oxygen atoms in total. The molecule has 1 amide bonds. The van der Waals surface area contributed by atoms with Gasteiger partial charge >= 0.3 is 0 Å². The van der Waals surface area contributed by atoms with Crippen LogP contribution in [0.15, 0.2) is 22.3 Å². The lowest BCUT2D eigenvalue weighted by atomic mass is 9.78. The molecule has 1 rings (SSSR count). The highest BCUT2D eigenvalue weighted by Gasteiger charge is 2.40. The van der Waals surface area contributed by atoms with Gasteiger partial charge in [0.2, 0.25) is 11.9 Å². The van der Waals surface area contributed by atoms with Crippen molar-refractivity contribution >= 4 is 18.6 Å². The van der Waals surface area contributed by atoms with E-state index in [1.165, 1.54) is 0 Å². The van der Waals surface area contributed by atoms with Gasteiger partial charge in [-0.1, -0.05) is 6.08 Å². The first-order valence-electron chi connectivity index (χ1n) is 6.37. The molecule has 1 saturated heterocycles. The van der Waals surface area contributed by atoms with Crippen molar-refractivity contribution in [2.45, 2.75) is 19.8 Å². The molecule has 0 aromatic heterocycles. The van der Waals surface area contributed by atoms with Crippen molar-refractivity contribution in [1.29, 1.82) is 0 Å². The molecule has 0 aromatic rings. The average Bonchev–Trinajstić information content (AvgIpc) is 2.48. The summed E-state index contributed by atoms with van der Waals surface area (Å²) in [5.74, 6) is 0.453. The highest BCUT2D eigenvalue weighted by atomic mass is 16.3. The number of nitrogens with one attached hydrogen (secondary N) is 1. The van der Waals surface area contributed by atoms with E-state index in [9.17, 15) is 9.90 Å². The lowest BCUT2D eigenvalue weighted by molar-refractivity contribution is -0.135. The fourth-order valence-electron chi connectivity index (χ4n) is 2.22. The molecule has 2 N–H and O–H groups in total. The van der Waals surface area contributed by atoms with Crippen molar-refractivity contribution in [3.05, 3.63) is 12.3 Å². The normalized spacial score (nSPS) is 19.5. The molecule has 0 saturated carbocycles. The van der Waals surface area contributed by atoms with Gasteiger partial charge in [-0.15, -0.1) is 0 Å². The number of likely N-dealkylation sites (tertiary alicyclic amines) is 1. The number of carbonyl (C=O) groups is 1. The van der Waals surface area contributed by atoms with Gasteiger partial charge in [-0.2, -0.15) is 0 Å². The number of carbonyl (C=O) groups excluding carboxylic acids is 1. The summed E-state index contributed by atoms with van der Waals surface area (Å²) in [7, 11) is 1.59. The maximum atomic E-state index is 11.9. The Labute approximate surface area is 113 Å². The minimum atomic E-state index is -0.682. The van der Waals surface area contributed by atoms with Gasteiger partial charge in [-0.3, -0.25) is 4.79 Å². The number of rotatable bonds is 3. The Hall–Kier alpha value is -1.69. The number of nitrogens with zero attached hydrogens (tertiary/aromatic N) is 3. The minimum Gasteiger partial charge on any atom is -0.395 e. The Kier molecular flexibility index (Phi) is 5.69. The van der Waals surface area contributed by atoms with Crippen LogP contribution in [0.4, 0.5) is 0 Å². The fraction of sp³-hybridized carbons (Fsp3) is 0.615. The van der Waals surface area contributed by atoms with Crippen LogP contribution in [0.5, 0.6) is 0 Å². The van der Waals surface area contributed by atoms with Crippen molar-refractivity contribution in [3.8, 4) is 0 Å². The van der Waals surface area contributed by atoms with Crippen LogP contribution in [0.1, 0.15) is 19.8 Å². The second-order valence-electron chi connectivity index (χ2n) is 4.57. The SMILES string of the molecule is C=NC(=N/C=C\C)N1CCC(CO)(C(=O)NC)CC1. The zero-order chi connectivity index (χ0) is 14.3. The minimum absolute atomic E-state index is 0.104. The highest BCUT2D eigenvalue weighted by Crippen LogP contribution is 2.31. The summed E-state index contributed by atoms with van der Waals surface area (Å²) in [6, 6.07) is 0. The molecular weight excluding hydrogens is 244 g/mol. The van der Waals surface area contributed by atoms with Crippen LogP contribution in [0.2, 0.25) is 0 Å². The maximum Gasteiger partial charge on any atom is 0.228 e. The van der Waals surface area contributed by atoms with Crippen LogP contribution < -0.4 is 5.32 Å². The Morgan fingerprint density at radius 1 is 1.53 bits per heavy atom. The molecule has 0 atom stereocenters. The van der Waals surface area contributed by atoms with E-state index in [1.807, 2.05) is 17.9 Å². The molecule has 6 heteroatoms. The molecule has 0 unspecified atom stereocenters. The number of hydrogen-bond acceptors (Lipinski definition) is 3. The molecule has 19 heavy (non-hydrogen) atoms. The quantitative estimate of drug-likeness (QED) is 0.573. The third-order valence-corrected chi connectivity index (χ3v) is 3.50. The summed E-state index contributed by atoms with van der Waals surface area (Å²) in [4.78, 5) is 21.9. The molecule has 1 fully saturated rings. The van der Waals surface area contributed by atoms with Crippen molar-refractivity contribution in [2.75, 3.05) is 26.7 Å². The first kappa shape index (κ1) is 15.4. The van der Waals surface area contributed by atoms with Gasteiger partial charge in [-0.25, -0.2) is 9.98 Å². The smallest absolute Gasteiger partial charge is 0.228 e. The zero-order valence-electron chi connectivity index (χ0n) is 11.6. The lowest BCUT2D eigenvalue weighted by Gasteiger charge is -2.39. The molecular formula is C13H22N4O2. The van der Waals surface area contributed by atoms with Crippen LogP contribution in [0.25, 0.3) is 0 Å². The second-order valence-corrected chi connectivity index (χ2v) is 4.57. The van der Waals surface area contributed by atoms with Crippen molar-refractivity contribution < 1.29 is 9.90 Å². The summed E-state index contributed by atoms with van der Waals surface area (Å²) in [5.41, 5.74) is -0.682. The van der Waals surface area contributed by atoms with Gasteiger partial charge in [0.15, 0.2) is 0 Å². The molecule has 0 bridgehead atoms. The summed E-state index contributed by atoms with van der Waals surface area (Å²) in [5, 5.41) is 12.1. The van der Waals surface area contributed by atoms with Crippen LogP contribution >= 0.6 is 0 Å². The number of allylic oxidation sites excluding steroid dienone is 1. The summed E-state index contributed by atoms with van der Waals surface area (Å²) in [6.07, 6.45) is 4.63. The first-order valence-corrected chi connectivity index (χ1v) is 6.37. The zero-order valence-corrected chi connectivity index (χ0v) is 11.6. The third-order valence-electron chi connectivity index (χ3n) is 3.50. The Bertz CT molecular complexity index is 382. The van der Waals surface area contributed by atoms with Gasteiger partial charge in [0.05, 0.1) is 12.0 Å². The van der Waals surface area contributed by atoms with Gasteiger partial charge in [-0.05, 0) is 26.5 Å². The third kappa shape index (κ3) is 3.41. The molecule has 0 radical (unpaired) electrons. The predicted molar refractivity (Wildman–Crippen MR) is 76.2 cm³/mol. The van der Waals surface area contributed by atoms with Crippen molar-refractivity contribution in [3.63, 3.8) is 0 Å². The van der Waals surface area contributed by atoms with E-state index >= 15 is 0 Å². The Balaban J connectivity index is 2.75. The molecule has 1 aliphatic heterocycles. The fourth-order valence-corrected chi connectivity index (χ4v) is 2.22.